The Morgan fingerprint density at radius 3 is 2.60 bits per heavy atom. The predicted molar refractivity (Wildman–Crippen MR) is 84.9 cm³/mol. The van der Waals surface area contributed by atoms with E-state index in [-0.39, 0.29) is 6.04 Å². The van der Waals surface area contributed by atoms with E-state index in [0.29, 0.717) is 5.25 Å². The van der Waals surface area contributed by atoms with Crippen molar-refractivity contribution >= 4 is 11.8 Å². The summed E-state index contributed by atoms with van der Waals surface area (Å²) in [5.41, 5.74) is 1.24. The molecule has 5 heteroatoms. The number of rotatable bonds is 7. The number of aromatic nitrogens is 3. The van der Waals surface area contributed by atoms with Crippen LogP contribution in [0.5, 0.6) is 0 Å². The molecule has 0 unspecified atom stereocenters. The Labute approximate surface area is 125 Å². The lowest BCUT2D eigenvalue weighted by molar-refractivity contribution is 0.287. The molecule has 20 heavy (non-hydrogen) atoms. The molecule has 108 valence electrons. The lowest BCUT2D eigenvalue weighted by atomic mass is 10.1. The van der Waals surface area contributed by atoms with E-state index in [0.717, 1.165) is 18.1 Å². The molecule has 0 fully saturated rings. The lowest BCUT2D eigenvalue weighted by Crippen LogP contribution is -2.29. The summed E-state index contributed by atoms with van der Waals surface area (Å²) in [4.78, 5) is 6.67. The first-order chi connectivity index (χ1) is 9.68. The van der Waals surface area contributed by atoms with Crippen molar-refractivity contribution in [2.24, 2.45) is 0 Å². The highest BCUT2D eigenvalue weighted by Crippen LogP contribution is 2.24. The first kappa shape index (κ1) is 15.1. The Bertz CT molecular complexity index is 484. The Morgan fingerprint density at radius 2 is 2.00 bits per heavy atom. The van der Waals surface area contributed by atoms with Gasteiger partial charge in [-0.15, -0.1) is 0 Å². The molecule has 4 nitrogen and oxygen atoms in total. The van der Waals surface area contributed by atoms with E-state index >= 15 is 0 Å². The minimum absolute atomic E-state index is 0.131. The van der Waals surface area contributed by atoms with Crippen LogP contribution >= 0.6 is 11.8 Å². The molecule has 1 heterocycles. The average Bonchev–Trinajstić information content (AvgIpc) is 2.93. The highest BCUT2D eigenvalue weighted by Gasteiger charge is 2.21. The van der Waals surface area contributed by atoms with Crippen LogP contribution in [0.1, 0.15) is 31.3 Å². The quantitative estimate of drug-likeness (QED) is 0.851. The van der Waals surface area contributed by atoms with Crippen LogP contribution in [0.3, 0.4) is 0 Å². The number of H-pyrrole nitrogens is 1. The van der Waals surface area contributed by atoms with Gasteiger partial charge in [0.2, 0.25) is 0 Å². The van der Waals surface area contributed by atoms with Crippen molar-refractivity contribution in [1.82, 2.24) is 20.1 Å². The van der Waals surface area contributed by atoms with Crippen molar-refractivity contribution < 1.29 is 0 Å². The van der Waals surface area contributed by atoms with Crippen molar-refractivity contribution in [3.8, 4) is 0 Å². The van der Waals surface area contributed by atoms with Crippen LogP contribution in [0, 0.1) is 0 Å². The predicted octanol–water partition coefficient (Wildman–Crippen LogP) is 2.97. The molecule has 0 aliphatic heterocycles. The van der Waals surface area contributed by atoms with Crippen LogP contribution in [0.2, 0.25) is 0 Å². The Hall–Kier alpha value is -1.33. The summed E-state index contributed by atoms with van der Waals surface area (Å²) >= 11 is 1.98. The van der Waals surface area contributed by atoms with Crippen LogP contribution in [0.4, 0.5) is 0 Å². The molecule has 0 aliphatic carbocycles. The number of benzene rings is 1. The van der Waals surface area contributed by atoms with Gasteiger partial charge in [-0.1, -0.05) is 44.2 Å². The third kappa shape index (κ3) is 4.08. The molecule has 0 radical (unpaired) electrons. The number of nitrogens with one attached hydrogen (secondary N) is 1. The molecular formula is C15H22N4S. The zero-order chi connectivity index (χ0) is 14.4. The summed E-state index contributed by atoms with van der Waals surface area (Å²) in [6.07, 6.45) is 1.57. The fourth-order valence-electron chi connectivity index (χ4n) is 2.16. The van der Waals surface area contributed by atoms with Gasteiger partial charge >= 0.3 is 0 Å². The maximum absolute atomic E-state index is 4.34. The Kier molecular flexibility index (Phi) is 5.61. The molecule has 0 amide bonds. The van der Waals surface area contributed by atoms with Crippen molar-refractivity contribution in [2.45, 2.75) is 25.1 Å². The molecule has 0 spiro atoms. The number of aromatic amines is 1. The van der Waals surface area contributed by atoms with Crippen LogP contribution in [-0.2, 0) is 0 Å². The zero-order valence-corrected chi connectivity index (χ0v) is 13.1. The van der Waals surface area contributed by atoms with Gasteiger partial charge in [0.15, 0.2) is 0 Å². The molecule has 0 saturated carbocycles. The minimum atomic E-state index is 0.131. The van der Waals surface area contributed by atoms with E-state index in [1.807, 2.05) is 17.8 Å². The van der Waals surface area contributed by atoms with E-state index < -0.39 is 0 Å². The molecular weight excluding hydrogens is 268 g/mol. The van der Waals surface area contributed by atoms with E-state index in [1.54, 1.807) is 6.33 Å². The summed E-state index contributed by atoms with van der Waals surface area (Å²) in [7, 11) is 2.14. The van der Waals surface area contributed by atoms with Crippen LogP contribution < -0.4 is 0 Å². The number of thioether (sulfide) groups is 1. The first-order valence-electron chi connectivity index (χ1n) is 6.90. The van der Waals surface area contributed by atoms with Crippen molar-refractivity contribution in [3.05, 3.63) is 48.0 Å². The third-order valence-electron chi connectivity index (χ3n) is 3.14. The monoisotopic (exact) mass is 290 g/mol. The van der Waals surface area contributed by atoms with Gasteiger partial charge in [0, 0.05) is 12.3 Å². The van der Waals surface area contributed by atoms with Gasteiger partial charge in [0.1, 0.15) is 12.2 Å². The SMILES string of the molecule is CC(C)SCCN(C)[C@H](c1ccccc1)c1ncn[nH]1. The highest BCUT2D eigenvalue weighted by molar-refractivity contribution is 7.99. The summed E-state index contributed by atoms with van der Waals surface area (Å²) < 4.78 is 0. The second-order valence-electron chi connectivity index (χ2n) is 5.08. The number of hydrogen-bond donors (Lipinski definition) is 1. The summed E-state index contributed by atoms with van der Waals surface area (Å²) in [5.74, 6) is 2.01. The standard InChI is InChI=1S/C15H22N4S/c1-12(2)20-10-9-19(3)14(15-16-11-17-18-15)13-7-5-4-6-8-13/h4-8,11-12,14H,9-10H2,1-3H3,(H,16,17,18)/t14-/m1/s1. The Balaban J connectivity index is 2.11. The maximum Gasteiger partial charge on any atom is 0.146 e. The largest absolute Gasteiger partial charge is 0.292 e. The lowest BCUT2D eigenvalue weighted by Gasteiger charge is -2.26. The van der Waals surface area contributed by atoms with E-state index in [9.17, 15) is 0 Å². The second-order valence-corrected chi connectivity index (χ2v) is 6.77. The fourth-order valence-corrected chi connectivity index (χ4v) is 3.03. The minimum Gasteiger partial charge on any atom is -0.292 e. The number of nitrogens with zero attached hydrogens (tertiary/aromatic N) is 3. The van der Waals surface area contributed by atoms with Crippen LogP contribution in [0.15, 0.2) is 36.7 Å². The second kappa shape index (κ2) is 7.45. The molecule has 1 aromatic heterocycles. The van der Waals surface area contributed by atoms with Crippen LogP contribution in [-0.4, -0.2) is 44.7 Å². The van der Waals surface area contributed by atoms with Gasteiger partial charge in [-0.2, -0.15) is 16.9 Å². The third-order valence-corrected chi connectivity index (χ3v) is 4.23. The molecule has 2 rings (SSSR count). The maximum atomic E-state index is 4.34. The summed E-state index contributed by atoms with van der Waals surface area (Å²) in [6.45, 7) is 5.48. The van der Waals surface area contributed by atoms with Crippen LogP contribution in [0.25, 0.3) is 0 Å². The van der Waals surface area contributed by atoms with Gasteiger partial charge in [-0.25, -0.2) is 4.98 Å². The van der Waals surface area contributed by atoms with E-state index in [2.05, 4.69) is 65.2 Å². The van der Waals surface area contributed by atoms with Gasteiger partial charge in [-0.05, 0) is 17.9 Å². The van der Waals surface area contributed by atoms with Gasteiger partial charge in [-0.3, -0.25) is 10.00 Å². The molecule has 2 aromatic rings. The molecule has 1 N–H and O–H groups in total. The normalized spacial score (nSPS) is 13.1. The van der Waals surface area contributed by atoms with Crippen molar-refractivity contribution in [1.29, 1.82) is 0 Å². The molecule has 0 saturated heterocycles. The first-order valence-corrected chi connectivity index (χ1v) is 7.95. The van der Waals surface area contributed by atoms with E-state index in [1.165, 1.54) is 5.56 Å². The highest BCUT2D eigenvalue weighted by atomic mass is 32.2. The van der Waals surface area contributed by atoms with Gasteiger partial charge in [0.25, 0.3) is 0 Å². The van der Waals surface area contributed by atoms with E-state index in [4.69, 9.17) is 0 Å². The van der Waals surface area contributed by atoms with Crippen molar-refractivity contribution in [2.75, 3.05) is 19.3 Å². The molecule has 1 aromatic carbocycles. The summed E-state index contributed by atoms with van der Waals surface area (Å²) in [5, 5.41) is 7.67. The van der Waals surface area contributed by atoms with Gasteiger partial charge < -0.3 is 0 Å². The zero-order valence-electron chi connectivity index (χ0n) is 12.3. The molecule has 0 bridgehead atoms. The smallest absolute Gasteiger partial charge is 0.146 e. The Morgan fingerprint density at radius 1 is 1.25 bits per heavy atom. The van der Waals surface area contributed by atoms with Gasteiger partial charge in [0.05, 0.1) is 6.04 Å². The molecule has 1 atom stereocenters. The average molecular weight is 290 g/mol. The number of hydrogen-bond acceptors (Lipinski definition) is 4. The molecule has 0 aliphatic rings. The van der Waals surface area contributed by atoms with Crippen molar-refractivity contribution in [3.63, 3.8) is 0 Å². The summed E-state index contributed by atoms with van der Waals surface area (Å²) in [6, 6.07) is 10.6. The fraction of sp³-hybridized carbons (Fsp3) is 0.467. The topological polar surface area (TPSA) is 44.8 Å².